The first kappa shape index (κ1) is 14.9. The number of hydrogen-bond acceptors (Lipinski definition) is 4. The Labute approximate surface area is 120 Å². The van der Waals surface area contributed by atoms with Crippen molar-refractivity contribution in [3.63, 3.8) is 0 Å². The zero-order chi connectivity index (χ0) is 14.8. The number of esters is 1. The van der Waals surface area contributed by atoms with Gasteiger partial charge in [0.2, 0.25) is 0 Å². The van der Waals surface area contributed by atoms with Crippen molar-refractivity contribution in [2.45, 2.75) is 57.7 Å². The Balaban J connectivity index is 2.03. The van der Waals surface area contributed by atoms with Crippen LogP contribution in [0.4, 0.5) is 5.69 Å². The fourth-order valence-corrected chi connectivity index (χ4v) is 2.53. The predicted octanol–water partition coefficient (Wildman–Crippen LogP) is 2.79. The molecule has 1 fully saturated rings. The van der Waals surface area contributed by atoms with Crippen LogP contribution in [0.5, 0.6) is 0 Å². The molecule has 0 radical (unpaired) electrons. The van der Waals surface area contributed by atoms with Gasteiger partial charge >= 0.3 is 5.97 Å². The van der Waals surface area contributed by atoms with E-state index in [4.69, 9.17) is 10.5 Å². The van der Waals surface area contributed by atoms with Crippen LogP contribution < -0.4 is 11.1 Å². The van der Waals surface area contributed by atoms with Crippen LogP contribution in [-0.2, 0) is 9.53 Å². The van der Waals surface area contributed by atoms with Crippen LogP contribution in [0.15, 0.2) is 24.3 Å². The minimum atomic E-state index is -0.442. The van der Waals surface area contributed by atoms with Gasteiger partial charge in [0.15, 0.2) is 0 Å². The van der Waals surface area contributed by atoms with Crippen LogP contribution in [-0.4, -0.2) is 17.6 Å². The van der Waals surface area contributed by atoms with Gasteiger partial charge in [0, 0.05) is 11.7 Å². The molecule has 0 aromatic heterocycles. The number of hydrogen-bond donors (Lipinski definition) is 2. The monoisotopic (exact) mass is 276 g/mol. The molecule has 0 amide bonds. The maximum Gasteiger partial charge on any atom is 0.323 e. The van der Waals surface area contributed by atoms with Crippen LogP contribution in [0.3, 0.4) is 0 Å². The molecule has 0 aliphatic carbocycles. The highest BCUT2D eigenvalue weighted by Crippen LogP contribution is 2.27. The molecule has 0 saturated carbocycles. The lowest BCUT2D eigenvalue weighted by atomic mass is 9.93. The summed E-state index contributed by atoms with van der Waals surface area (Å²) in [6.45, 7) is 5.68. The molecule has 4 heteroatoms. The second kappa shape index (κ2) is 5.83. The Hall–Kier alpha value is -1.55. The molecule has 0 spiro atoms. The largest absolute Gasteiger partial charge is 0.459 e. The first-order chi connectivity index (χ1) is 9.35. The zero-order valence-corrected chi connectivity index (χ0v) is 12.5. The summed E-state index contributed by atoms with van der Waals surface area (Å²) in [7, 11) is 0. The Bertz CT molecular complexity index is 480. The third kappa shape index (κ3) is 3.97. The predicted molar refractivity (Wildman–Crippen MR) is 80.2 cm³/mol. The highest BCUT2D eigenvalue weighted by atomic mass is 16.6. The van der Waals surface area contributed by atoms with Gasteiger partial charge in [-0.1, -0.05) is 12.1 Å². The van der Waals surface area contributed by atoms with Gasteiger partial charge in [-0.25, -0.2) is 0 Å². The molecule has 2 unspecified atom stereocenters. The molecule has 110 valence electrons. The van der Waals surface area contributed by atoms with Gasteiger partial charge in [-0.05, 0) is 57.7 Å². The van der Waals surface area contributed by atoms with Crippen LogP contribution >= 0.6 is 0 Å². The van der Waals surface area contributed by atoms with E-state index >= 15 is 0 Å². The summed E-state index contributed by atoms with van der Waals surface area (Å²) < 4.78 is 5.46. The Morgan fingerprint density at radius 3 is 2.75 bits per heavy atom. The van der Waals surface area contributed by atoms with E-state index < -0.39 is 5.60 Å². The minimum Gasteiger partial charge on any atom is -0.459 e. The first-order valence-electron chi connectivity index (χ1n) is 7.19. The molecular formula is C16H24N2O2. The SMILES string of the molecule is CC(C)(C)OC(=O)C1CCCC(c2cccc(N)c2)N1. The van der Waals surface area contributed by atoms with Crippen molar-refractivity contribution in [3.8, 4) is 0 Å². The van der Waals surface area contributed by atoms with E-state index in [0.29, 0.717) is 0 Å². The number of nitrogen functional groups attached to an aromatic ring is 1. The van der Waals surface area contributed by atoms with E-state index in [1.807, 2.05) is 45.0 Å². The van der Waals surface area contributed by atoms with Gasteiger partial charge in [0.1, 0.15) is 11.6 Å². The normalized spacial score (nSPS) is 23.4. The number of nitrogens with one attached hydrogen (secondary N) is 1. The number of carbonyl (C=O) groups is 1. The average molecular weight is 276 g/mol. The second-order valence-corrected chi connectivity index (χ2v) is 6.41. The Kier molecular flexibility index (Phi) is 4.33. The fourth-order valence-electron chi connectivity index (χ4n) is 2.53. The van der Waals surface area contributed by atoms with Crippen LogP contribution in [0.1, 0.15) is 51.6 Å². The molecule has 3 N–H and O–H groups in total. The van der Waals surface area contributed by atoms with E-state index in [1.165, 1.54) is 0 Å². The lowest BCUT2D eigenvalue weighted by Crippen LogP contribution is -2.45. The Morgan fingerprint density at radius 1 is 1.35 bits per heavy atom. The highest BCUT2D eigenvalue weighted by molar-refractivity contribution is 5.76. The molecule has 1 heterocycles. The van der Waals surface area contributed by atoms with Crippen molar-refractivity contribution in [3.05, 3.63) is 29.8 Å². The topological polar surface area (TPSA) is 64.3 Å². The average Bonchev–Trinajstić information content (AvgIpc) is 2.37. The van der Waals surface area contributed by atoms with Gasteiger partial charge in [-0.3, -0.25) is 10.1 Å². The smallest absolute Gasteiger partial charge is 0.323 e. The number of anilines is 1. The summed E-state index contributed by atoms with van der Waals surface area (Å²) in [5.41, 5.74) is 7.27. The number of piperidine rings is 1. The van der Waals surface area contributed by atoms with Crippen molar-refractivity contribution >= 4 is 11.7 Å². The molecular weight excluding hydrogens is 252 g/mol. The summed E-state index contributed by atoms with van der Waals surface area (Å²) >= 11 is 0. The molecule has 1 aliphatic heterocycles. The van der Waals surface area contributed by atoms with Crippen molar-refractivity contribution in [2.75, 3.05) is 5.73 Å². The van der Waals surface area contributed by atoms with Gasteiger partial charge in [0.25, 0.3) is 0 Å². The minimum absolute atomic E-state index is 0.161. The van der Waals surface area contributed by atoms with E-state index in [2.05, 4.69) is 5.32 Å². The maximum atomic E-state index is 12.1. The quantitative estimate of drug-likeness (QED) is 0.644. The van der Waals surface area contributed by atoms with E-state index in [1.54, 1.807) is 0 Å². The number of carbonyl (C=O) groups excluding carboxylic acids is 1. The molecule has 1 aromatic rings. The molecule has 1 aliphatic rings. The van der Waals surface area contributed by atoms with Crippen molar-refractivity contribution in [1.29, 1.82) is 0 Å². The van der Waals surface area contributed by atoms with Crippen LogP contribution in [0.25, 0.3) is 0 Å². The number of rotatable bonds is 2. The molecule has 2 rings (SSSR count). The lowest BCUT2D eigenvalue weighted by Gasteiger charge is -2.32. The highest BCUT2D eigenvalue weighted by Gasteiger charge is 2.30. The van der Waals surface area contributed by atoms with E-state index in [9.17, 15) is 4.79 Å². The van der Waals surface area contributed by atoms with E-state index in [0.717, 1.165) is 30.5 Å². The molecule has 2 atom stereocenters. The summed E-state index contributed by atoms with van der Waals surface area (Å²) in [5.74, 6) is -0.161. The van der Waals surface area contributed by atoms with Gasteiger partial charge in [0.05, 0.1) is 0 Å². The summed E-state index contributed by atoms with van der Waals surface area (Å²) in [4.78, 5) is 12.1. The summed E-state index contributed by atoms with van der Waals surface area (Å²) in [5, 5.41) is 3.39. The molecule has 4 nitrogen and oxygen atoms in total. The van der Waals surface area contributed by atoms with Crippen LogP contribution in [0.2, 0.25) is 0 Å². The molecule has 1 aromatic carbocycles. The van der Waals surface area contributed by atoms with Crippen molar-refractivity contribution < 1.29 is 9.53 Å². The molecule has 20 heavy (non-hydrogen) atoms. The number of ether oxygens (including phenoxy) is 1. The number of nitrogens with two attached hydrogens (primary N) is 1. The van der Waals surface area contributed by atoms with Crippen molar-refractivity contribution in [1.82, 2.24) is 5.32 Å². The van der Waals surface area contributed by atoms with Crippen LogP contribution in [0, 0.1) is 0 Å². The second-order valence-electron chi connectivity index (χ2n) is 6.41. The molecule has 1 saturated heterocycles. The Morgan fingerprint density at radius 2 is 2.10 bits per heavy atom. The first-order valence-corrected chi connectivity index (χ1v) is 7.19. The number of benzene rings is 1. The fraction of sp³-hybridized carbons (Fsp3) is 0.562. The van der Waals surface area contributed by atoms with Gasteiger partial charge in [-0.2, -0.15) is 0 Å². The third-order valence-corrected chi connectivity index (χ3v) is 3.39. The zero-order valence-electron chi connectivity index (χ0n) is 12.5. The molecule has 0 bridgehead atoms. The standard InChI is InChI=1S/C16H24N2O2/c1-16(2,3)20-15(19)14-9-5-8-13(18-14)11-6-4-7-12(17)10-11/h4,6-7,10,13-14,18H,5,8-9,17H2,1-3H3. The summed E-state index contributed by atoms with van der Waals surface area (Å²) in [6, 6.07) is 7.78. The van der Waals surface area contributed by atoms with Gasteiger partial charge < -0.3 is 10.5 Å². The third-order valence-electron chi connectivity index (χ3n) is 3.39. The summed E-state index contributed by atoms with van der Waals surface area (Å²) in [6.07, 6.45) is 2.85. The van der Waals surface area contributed by atoms with Crippen molar-refractivity contribution in [2.24, 2.45) is 0 Å². The van der Waals surface area contributed by atoms with E-state index in [-0.39, 0.29) is 18.1 Å². The maximum absolute atomic E-state index is 12.1. The van der Waals surface area contributed by atoms with Gasteiger partial charge in [-0.15, -0.1) is 0 Å². The lowest BCUT2D eigenvalue weighted by molar-refractivity contribution is -0.158.